The molecule has 3 aromatic heterocycles. The second-order valence-electron chi connectivity index (χ2n) is 6.30. The first-order chi connectivity index (χ1) is 13.8. The molecule has 154 valence electrons. The Kier molecular flexibility index (Phi) is 5.21. The number of fused-ring (bicyclic) bond motifs is 1. The standard InChI is InChI=1S/C15H16N5O7PS/c16-13-10-7(9-2-1-3-29-9)4-20(14(10)18-6-17-13)15-12(22)11(21)8(27-15)5-26-28(24,25)19-23/h1-4,6,8,11-12,15,21-22H,5H2,(H,24,25)(H2,16,17,18)/t8-,11?,12?,15-/m1/s1. The second kappa shape index (κ2) is 7.54. The van der Waals surface area contributed by atoms with Crippen molar-refractivity contribution in [1.82, 2.24) is 14.5 Å². The molecule has 29 heavy (non-hydrogen) atoms. The lowest BCUT2D eigenvalue weighted by Crippen LogP contribution is -2.33. The minimum absolute atomic E-state index is 0.239. The molecule has 0 aliphatic carbocycles. The van der Waals surface area contributed by atoms with Crippen LogP contribution in [0.5, 0.6) is 0 Å². The first-order valence-electron chi connectivity index (χ1n) is 8.31. The highest BCUT2D eigenvalue weighted by atomic mass is 32.1. The Balaban J connectivity index is 1.71. The molecule has 1 aliphatic heterocycles. The molecule has 0 bridgehead atoms. The van der Waals surface area contributed by atoms with Crippen molar-refractivity contribution < 1.29 is 28.9 Å². The molecule has 1 aliphatic rings. The smallest absolute Gasteiger partial charge is 0.387 e. The number of aromatic nitrogens is 3. The summed E-state index contributed by atoms with van der Waals surface area (Å²) in [6.07, 6.45) is -2.19. The van der Waals surface area contributed by atoms with E-state index >= 15 is 0 Å². The monoisotopic (exact) mass is 441 g/mol. The number of rotatable bonds is 6. The number of hydrogen-bond donors (Lipinski definition) is 4. The molecular weight excluding hydrogens is 425 g/mol. The van der Waals surface area contributed by atoms with Crippen LogP contribution in [0.25, 0.3) is 21.5 Å². The molecule has 14 heteroatoms. The van der Waals surface area contributed by atoms with Crippen molar-refractivity contribution in [2.24, 2.45) is 4.95 Å². The summed E-state index contributed by atoms with van der Waals surface area (Å²) in [5.41, 5.74) is 7.15. The van der Waals surface area contributed by atoms with E-state index in [0.29, 0.717) is 11.0 Å². The summed E-state index contributed by atoms with van der Waals surface area (Å²) in [4.78, 5) is 30.5. The van der Waals surface area contributed by atoms with Crippen LogP contribution < -0.4 is 5.73 Å². The van der Waals surface area contributed by atoms with Gasteiger partial charge in [-0.25, -0.2) is 14.5 Å². The van der Waals surface area contributed by atoms with Gasteiger partial charge in [0.1, 0.15) is 36.1 Å². The molecule has 5 N–H and O–H groups in total. The van der Waals surface area contributed by atoms with E-state index in [4.69, 9.17) is 15.4 Å². The zero-order valence-corrected chi connectivity index (χ0v) is 16.3. The highest BCUT2D eigenvalue weighted by Gasteiger charge is 2.45. The summed E-state index contributed by atoms with van der Waals surface area (Å²) >= 11 is 1.47. The maximum Gasteiger partial charge on any atom is 0.487 e. The Bertz CT molecular complexity index is 1090. The van der Waals surface area contributed by atoms with Gasteiger partial charge in [-0.05, 0) is 11.4 Å². The predicted octanol–water partition coefficient (Wildman–Crippen LogP) is 1.24. The number of aliphatic hydroxyl groups excluding tert-OH is 2. The van der Waals surface area contributed by atoms with E-state index in [2.05, 4.69) is 14.5 Å². The van der Waals surface area contributed by atoms with E-state index in [-0.39, 0.29) is 5.82 Å². The minimum atomic E-state index is -4.68. The van der Waals surface area contributed by atoms with Crippen molar-refractivity contribution in [3.05, 3.63) is 34.9 Å². The van der Waals surface area contributed by atoms with Crippen molar-refractivity contribution >= 4 is 35.9 Å². The third-order valence-electron chi connectivity index (χ3n) is 4.55. The number of anilines is 1. The first-order valence-corrected chi connectivity index (χ1v) is 10.7. The Labute approximate surface area is 167 Å². The Hall–Kier alpha value is -2.25. The quantitative estimate of drug-likeness (QED) is 0.321. The van der Waals surface area contributed by atoms with Crippen LogP contribution in [0, 0.1) is 4.91 Å². The summed E-state index contributed by atoms with van der Waals surface area (Å²) in [7, 11) is -4.68. The van der Waals surface area contributed by atoms with Crippen molar-refractivity contribution in [3.63, 3.8) is 0 Å². The van der Waals surface area contributed by atoms with Crippen LogP contribution in [-0.4, -0.2) is 54.6 Å². The predicted molar refractivity (Wildman–Crippen MR) is 103 cm³/mol. The molecule has 3 unspecified atom stereocenters. The maximum absolute atomic E-state index is 11.2. The zero-order valence-electron chi connectivity index (χ0n) is 14.6. The summed E-state index contributed by atoms with van der Waals surface area (Å²) in [5.74, 6) is 0.239. The number of hydrogen-bond acceptors (Lipinski definition) is 10. The van der Waals surface area contributed by atoms with Gasteiger partial charge in [-0.15, -0.1) is 16.2 Å². The molecule has 12 nitrogen and oxygen atoms in total. The van der Waals surface area contributed by atoms with E-state index in [9.17, 15) is 19.7 Å². The van der Waals surface area contributed by atoms with Gasteiger partial charge in [0.2, 0.25) is 0 Å². The summed E-state index contributed by atoms with van der Waals surface area (Å²) < 4.78 is 22.9. The van der Waals surface area contributed by atoms with Gasteiger partial charge < -0.3 is 30.1 Å². The van der Waals surface area contributed by atoms with E-state index in [1.165, 1.54) is 22.2 Å². The molecule has 5 atom stereocenters. The summed E-state index contributed by atoms with van der Waals surface area (Å²) in [6.45, 7) is -0.623. The number of ether oxygens (including phenoxy) is 1. The fourth-order valence-corrected chi connectivity index (χ4v) is 4.34. The van der Waals surface area contributed by atoms with Crippen LogP contribution in [0.2, 0.25) is 0 Å². The SMILES string of the molecule is Nc1ncnc2c1c(-c1cccs1)cn2[C@@H]1O[C@H](COP(=O)(O)N=O)C(O)C1O. The molecule has 0 saturated carbocycles. The molecule has 0 spiro atoms. The molecular formula is C15H16N5O7PS. The van der Waals surface area contributed by atoms with Gasteiger partial charge in [-0.3, -0.25) is 4.52 Å². The van der Waals surface area contributed by atoms with E-state index in [1.54, 1.807) is 6.20 Å². The fourth-order valence-electron chi connectivity index (χ4n) is 3.21. The Morgan fingerprint density at radius 2 is 2.17 bits per heavy atom. The lowest BCUT2D eigenvalue weighted by Gasteiger charge is -2.17. The molecule has 4 rings (SSSR count). The summed E-state index contributed by atoms with van der Waals surface area (Å²) in [5, 5.41) is 23.2. The Morgan fingerprint density at radius 3 is 2.86 bits per heavy atom. The number of nitroso groups, excluding NO2 is 1. The van der Waals surface area contributed by atoms with E-state index < -0.39 is 38.9 Å². The lowest BCUT2D eigenvalue weighted by molar-refractivity contribution is -0.0481. The molecule has 0 aromatic carbocycles. The lowest BCUT2D eigenvalue weighted by atomic mass is 10.1. The minimum Gasteiger partial charge on any atom is -0.387 e. The van der Waals surface area contributed by atoms with Crippen molar-refractivity contribution in [1.29, 1.82) is 0 Å². The average molecular weight is 441 g/mol. The van der Waals surface area contributed by atoms with Crippen LogP contribution in [0.15, 0.2) is 35.0 Å². The van der Waals surface area contributed by atoms with Crippen molar-refractivity contribution in [3.8, 4) is 10.4 Å². The maximum atomic E-state index is 11.2. The van der Waals surface area contributed by atoms with E-state index in [1.807, 2.05) is 22.5 Å². The highest BCUT2D eigenvalue weighted by Crippen LogP contribution is 2.45. The van der Waals surface area contributed by atoms with Crippen molar-refractivity contribution in [2.75, 3.05) is 12.3 Å². The highest BCUT2D eigenvalue weighted by molar-refractivity contribution is 7.51. The van der Waals surface area contributed by atoms with Crippen LogP contribution in [0.1, 0.15) is 6.23 Å². The van der Waals surface area contributed by atoms with Gasteiger partial charge in [0.15, 0.2) is 6.23 Å². The number of aliphatic hydroxyl groups is 2. The average Bonchev–Trinajstić information content (AvgIpc) is 3.41. The van der Waals surface area contributed by atoms with Gasteiger partial charge in [0.25, 0.3) is 0 Å². The number of nitrogens with zero attached hydrogens (tertiary/aromatic N) is 4. The second-order valence-corrected chi connectivity index (χ2v) is 8.65. The van der Waals surface area contributed by atoms with Crippen LogP contribution in [0.3, 0.4) is 0 Å². The topological polar surface area (TPSA) is 182 Å². The van der Waals surface area contributed by atoms with Crippen molar-refractivity contribution in [2.45, 2.75) is 24.5 Å². The molecule has 4 heterocycles. The van der Waals surface area contributed by atoms with Gasteiger partial charge in [-0.2, -0.15) is 0 Å². The van der Waals surface area contributed by atoms with Gasteiger partial charge in [0.05, 0.1) is 12.0 Å². The number of thiophene rings is 1. The van der Waals surface area contributed by atoms with Crippen LogP contribution in [0.4, 0.5) is 5.82 Å². The third kappa shape index (κ3) is 3.57. The molecule has 0 amide bonds. The molecule has 1 fully saturated rings. The van der Waals surface area contributed by atoms with Crippen LogP contribution in [-0.2, 0) is 13.8 Å². The van der Waals surface area contributed by atoms with Gasteiger partial charge >= 0.3 is 7.75 Å². The van der Waals surface area contributed by atoms with Gasteiger partial charge in [0, 0.05) is 21.6 Å². The third-order valence-corrected chi connectivity index (χ3v) is 6.14. The fraction of sp³-hybridized carbons (Fsp3) is 0.333. The van der Waals surface area contributed by atoms with E-state index in [0.717, 1.165) is 10.4 Å². The van der Waals surface area contributed by atoms with Gasteiger partial charge in [-0.1, -0.05) is 6.07 Å². The number of nitrogens with two attached hydrogens (primary N) is 1. The normalized spacial score (nSPS) is 26.6. The van der Waals surface area contributed by atoms with Crippen LogP contribution >= 0.6 is 19.1 Å². The molecule has 3 aromatic rings. The molecule has 1 saturated heterocycles. The first kappa shape index (κ1) is 20.0. The Morgan fingerprint density at radius 1 is 1.38 bits per heavy atom. The zero-order chi connectivity index (χ0) is 20.8. The molecule has 0 radical (unpaired) electrons. The summed E-state index contributed by atoms with van der Waals surface area (Å²) in [6, 6.07) is 3.76. The largest absolute Gasteiger partial charge is 0.487 e. The number of nitrogen functional groups attached to an aromatic ring is 1.